The smallest absolute Gasteiger partial charge is 0.159 e. The van der Waals surface area contributed by atoms with Crippen LogP contribution in [0.2, 0.25) is 0 Å². The SMILES string of the molecule is C1CO1.CC#CC#COc1ccc(C(C)=O)cc1.[HH].[HH].[HH].[HH]. The molecule has 1 aromatic rings. The molecule has 0 atom stereocenters. The zero-order valence-electron chi connectivity index (χ0n) is 10.4. The number of rotatable bonds is 2. The zero-order valence-corrected chi connectivity index (χ0v) is 10.4. The maximum absolute atomic E-state index is 11.0. The van der Waals surface area contributed by atoms with E-state index in [2.05, 4.69) is 28.6 Å². The summed E-state index contributed by atoms with van der Waals surface area (Å²) in [6.45, 7) is 5.23. The van der Waals surface area contributed by atoms with E-state index in [4.69, 9.17) is 4.74 Å². The molecule has 3 heteroatoms. The van der Waals surface area contributed by atoms with Gasteiger partial charge in [-0.25, -0.2) is 0 Å². The molecule has 0 saturated carbocycles. The normalized spacial score (nSPS) is 10.6. The van der Waals surface area contributed by atoms with E-state index in [9.17, 15) is 4.79 Å². The molecule has 0 aliphatic carbocycles. The molecule has 0 N–H and O–H groups in total. The summed E-state index contributed by atoms with van der Waals surface area (Å²) in [7, 11) is 0. The number of hydrogen-bond donors (Lipinski definition) is 0. The molecule has 0 aromatic heterocycles. The molecule has 3 nitrogen and oxygen atoms in total. The predicted octanol–water partition coefficient (Wildman–Crippen LogP) is 3.25. The van der Waals surface area contributed by atoms with Crippen molar-refractivity contribution in [3.8, 4) is 29.6 Å². The van der Waals surface area contributed by atoms with E-state index in [1.807, 2.05) is 0 Å². The Morgan fingerprint density at radius 3 is 2.33 bits per heavy atom. The summed E-state index contributed by atoms with van der Waals surface area (Å²) in [6, 6.07) is 6.80. The van der Waals surface area contributed by atoms with Crippen LogP contribution in [-0.4, -0.2) is 19.0 Å². The first kappa shape index (κ1) is 13.8. The lowest BCUT2D eigenvalue weighted by Gasteiger charge is -1.97. The fourth-order valence-corrected chi connectivity index (χ4v) is 0.930. The summed E-state index contributed by atoms with van der Waals surface area (Å²) in [6.07, 6.45) is 2.44. The second-order valence-corrected chi connectivity index (χ2v) is 3.40. The summed E-state index contributed by atoms with van der Waals surface area (Å²) in [5, 5.41) is 0. The Morgan fingerprint density at radius 2 is 1.89 bits per heavy atom. The Kier molecular flexibility index (Phi) is 6.11. The molecule has 1 saturated heterocycles. The molecule has 2 rings (SSSR count). The third-order valence-corrected chi connectivity index (χ3v) is 1.87. The molecular formula is C15H22O3. The summed E-state index contributed by atoms with van der Waals surface area (Å²) in [4.78, 5) is 11.0. The Bertz CT molecular complexity index is 517. The molecule has 0 radical (unpaired) electrons. The van der Waals surface area contributed by atoms with E-state index in [0.29, 0.717) is 11.3 Å². The molecular weight excluding hydrogens is 228 g/mol. The van der Waals surface area contributed by atoms with Crippen LogP contribution in [0.4, 0.5) is 0 Å². The van der Waals surface area contributed by atoms with Gasteiger partial charge in [-0.15, -0.1) is 0 Å². The van der Waals surface area contributed by atoms with Crippen molar-refractivity contribution in [3.63, 3.8) is 0 Å². The van der Waals surface area contributed by atoms with Gasteiger partial charge in [0.1, 0.15) is 11.9 Å². The van der Waals surface area contributed by atoms with Gasteiger partial charge in [-0.3, -0.25) is 4.79 Å². The van der Waals surface area contributed by atoms with Gasteiger partial charge in [-0.2, -0.15) is 0 Å². The average molecular weight is 250 g/mol. The fourth-order valence-electron chi connectivity index (χ4n) is 0.930. The maximum atomic E-state index is 11.0. The Hall–Kier alpha value is -2.23. The third-order valence-electron chi connectivity index (χ3n) is 1.87. The summed E-state index contributed by atoms with van der Waals surface area (Å²) in [5.74, 6) is 8.34. The Morgan fingerprint density at radius 1 is 1.28 bits per heavy atom. The number of epoxide rings is 1. The summed E-state index contributed by atoms with van der Waals surface area (Å²) >= 11 is 0. The van der Waals surface area contributed by atoms with Gasteiger partial charge in [0.05, 0.1) is 13.2 Å². The highest BCUT2D eigenvalue weighted by Crippen LogP contribution is 2.11. The van der Waals surface area contributed by atoms with Gasteiger partial charge in [0.15, 0.2) is 5.78 Å². The highest BCUT2D eigenvalue weighted by molar-refractivity contribution is 5.94. The largest absolute Gasteiger partial charge is 0.407 e. The highest BCUT2D eigenvalue weighted by Gasteiger charge is 1.98. The minimum atomic E-state index is 0. The van der Waals surface area contributed by atoms with Crippen molar-refractivity contribution in [2.45, 2.75) is 13.8 Å². The van der Waals surface area contributed by atoms with Gasteiger partial charge < -0.3 is 9.47 Å². The standard InChI is InChI=1S/C13H10O2.C2H4O.4H2/c1-3-4-5-10-15-13-8-6-12(7-9-13)11(2)14;1-2-3-1;;;;/h6-9H,1-2H3;1-2H2;4*1H. The van der Waals surface area contributed by atoms with Crippen LogP contribution in [0.5, 0.6) is 5.75 Å². The van der Waals surface area contributed by atoms with E-state index >= 15 is 0 Å². The van der Waals surface area contributed by atoms with Gasteiger partial charge >= 0.3 is 0 Å². The molecule has 0 amide bonds. The Balaban J connectivity index is -0.000000207. The van der Waals surface area contributed by atoms with E-state index in [-0.39, 0.29) is 11.5 Å². The first-order valence-electron chi connectivity index (χ1n) is 5.51. The topological polar surface area (TPSA) is 38.8 Å². The van der Waals surface area contributed by atoms with Crippen molar-refractivity contribution >= 4 is 5.78 Å². The minimum Gasteiger partial charge on any atom is -0.407 e. The van der Waals surface area contributed by atoms with Crippen LogP contribution < -0.4 is 4.74 Å². The first-order chi connectivity index (χ1) is 8.74. The molecule has 1 heterocycles. The van der Waals surface area contributed by atoms with E-state index in [1.165, 1.54) is 6.92 Å². The Labute approximate surface area is 113 Å². The molecule has 100 valence electrons. The van der Waals surface area contributed by atoms with E-state index < -0.39 is 0 Å². The van der Waals surface area contributed by atoms with Crippen LogP contribution in [0, 0.1) is 23.9 Å². The summed E-state index contributed by atoms with van der Waals surface area (Å²) < 4.78 is 9.57. The monoisotopic (exact) mass is 250 g/mol. The lowest BCUT2D eigenvalue weighted by Crippen LogP contribution is -1.91. The molecule has 0 bridgehead atoms. The van der Waals surface area contributed by atoms with Crippen LogP contribution in [0.1, 0.15) is 29.9 Å². The zero-order chi connectivity index (χ0) is 13.2. The highest BCUT2D eigenvalue weighted by atomic mass is 16.6. The van der Waals surface area contributed by atoms with Crippen molar-refractivity contribution in [1.82, 2.24) is 0 Å². The summed E-state index contributed by atoms with van der Waals surface area (Å²) in [5.41, 5.74) is 0.656. The quantitative estimate of drug-likeness (QED) is 0.459. The second kappa shape index (κ2) is 7.95. The predicted molar refractivity (Wildman–Crippen MR) is 77.6 cm³/mol. The van der Waals surface area contributed by atoms with E-state index in [0.717, 1.165) is 13.2 Å². The van der Waals surface area contributed by atoms with Crippen LogP contribution >= 0.6 is 0 Å². The maximum Gasteiger partial charge on any atom is 0.159 e. The molecule has 1 aliphatic rings. The molecule has 1 fully saturated rings. The van der Waals surface area contributed by atoms with Crippen LogP contribution in [0.3, 0.4) is 0 Å². The number of hydrogen-bond acceptors (Lipinski definition) is 3. The molecule has 1 aromatic carbocycles. The van der Waals surface area contributed by atoms with Crippen molar-refractivity contribution in [2.24, 2.45) is 0 Å². The van der Waals surface area contributed by atoms with Gasteiger partial charge in [0.25, 0.3) is 0 Å². The average Bonchev–Trinajstić information content (AvgIpc) is 3.23. The van der Waals surface area contributed by atoms with Crippen molar-refractivity contribution < 1.29 is 20.0 Å². The lowest BCUT2D eigenvalue weighted by molar-refractivity contribution is 0.101. The fraction of sp³-hybridized carbons (Fsp3) is 0.267. The number of carbonyl (C=O) groups excluding carboxylic acids is 1. The number of ketones is 1. The number of Topliss-reactive ketones (excluding diaryl/α,β-unsaturated/α-hetero) is 1. The molecule has 0 spiro atoms. The number of carbonyl (C=O) groups is 1. The van der Waals surface area contributed by atoms with Crippen molar-refractivity contribution in [3.05, 3.63) is 29.8 Å². The van der Waals surface area contributed by atoms with Crippen molar-refractivity contribution in [2.75, 3.05) is 13.2 Å². The number of benzene rings is 1. The lowest BCUT2D eigenvalue weighted by atomic mass is 10.1. The van der Waals surface area contributed by atoms with Gasteiger partial charge in [-0.05, 0) is 44.0 Å². The van der Waals surface area contributed by atoms with E-state index in [1.54, 1.807) is 31.2 Å². The molecule has 1 aliphatic heterocycles. The number of ether oxygens (including phenoxy) is 2. The first-order valence-corrected chi connectivity index (χ1v) is 5.51. The van der Waals surface area contributed by atoms with Crippen LogP contribution in [0.15, 0.2) is 24.3 Å². The molecule has 0 unspecified atom stereocenters. The van der Waals surface area contributed by atoms with Gasteiger partial charge in [0, 0.05) is 17.2 Å². The molecule has 18 heavy (non-hydrogen) atoms. The second-order valence-electron chi connectivity index (χ2n) is 3.40. The van der Waals surface area contributed by atoms with Crippen LogP contribution in [0.25, 0.3) is 0 Å². The third kappa shape index (κ3) is 6.37. The van der Waals surface area contributed by atoms with Crippen molar-refractivity contribution in [1.29, 1.82) is 0 Å². The van der Waals surface area contributed by atoms with Gasteiger partial charge in [0.2, 0.25) is 0 Å². The minimum absolute atomic E-state index is 0. The van der Waals surface area contributed by atoms with Crippen LogP contribution in [-0.2, 0) is 4.74 Å². The van der Waals surface area contributed by atoms with Gasteiger partial charge in [-0.1, -0.05) is 5.92 Å².